The van der Waals surface area contributed by atoms with Gasteiger partial charge in [-0.1, -0.05) is 13.3 Å². The number of allylic oxidation sites excluding steroid dienone is 1. The molecular formula is C16H22O4. The molecule has 1 aromatic rings. The van der Waals surface area contributed by atoms with Crippen molar-refractivity contribution in [2.75, 3.05) is 13.2 Å². The second kappa shape index (κ2) is 8.25. The number of aliphatic carboxylic acids is 1. The highest BCUT2D eigenvalue weighted by Gasteiger charge is 2.12. The van der Waals surface area contributed by atoms with Crippen LogP contribution in [0.3, 0.4) is 0 Å². The number of hydrogen-bond donors (Lipinski definition) is 1. The van der Waals surface area contributed by atoms with Gasteiger partial charge >= 0.3 is 5.97 Å². The summed E-state index contributed by atoms with van der Waals surface area (Å²) in [6.45, 7) is 6.94. The molecule has 4 heteroatoms. The lowest BCUT2D eigenvalue weighted by Crippen LogP contribution is -2.00. The summed E-state index contributed by atoms with van der Waals surface area (Å²) < 4.78 is 11.1. The van der Waals surface area contributed by atoms with Gasteiger partial charge in [-0.15, -0.1) is 0 Å². The van der Waals surface area contributed by atoms with Crippen molar-refractivity contribution >= 4 is 11.5 Å². The first kappa shape index (κ1) is 16.1. The van der Waals surface area contributed by atoms with E-state index in [1.807, 2.05) is 39.0 Å². The van der Waals surface area contributed by atoms with Gasteiger partial charge in [0.25, 0.3) is 0 Å². The topological polar surface area (TPSA) is 55.8 Å². The Hall–Kier alpha value is -1.97. The van der Waals surface area contributed by atoms with Crippen LogP contribution in [-0.2, 0) is 4.79 Å². The average Bonchev–Trinajstić information content (AvgIpc) is 2.40. The van der Waals surface area contributed by atoms with E-state index >= 15 is 0 Å². The van der Waals surface area contributed by atoms with Gasteiger partial charge in [-0.3, -0.25) is 0 Å². The van der Waals surface area contributed by atoms with E-state index in [4.69, 9.17) is 14.6 Å². The molecule has 20 heavy (non-hydrogen) atoms. The number of benzene rings is 1. The molecule has 110 valence electrons. The summed E-state index contributed by atoms with van der Waals surface area (Å²) in [5, 5.41) is 9.02. The Labute approximate surface area is 120 Å². The predicted molar refractivity (Wildman–Crippen MR) is 79.3 cm³/mol. The minimum Gasteiger partial charge on any atom is -0.494 e. The minimum absolute atomic E-state index is 0.535. The lowest BCUT2D eigenvalue weighted by atomic mass is 9.99. The maximum atomic E-state index is 11.0. The van der Waals surface area contributed by atoms with Crippen LogP contribution in [0, 0.1) is 0 Å². The molecule has 0 atom stereocenters. The maximum Gasteiger partial charge on any atom is 0.328 e. The van der Waals surface area contributed by atoms with E-state index in [9.17, 15) is 4.79 Å². The Bertz CT molecular complexity index is 477. The second-order valence-corrected chi connectivity index (χ2v) is 4.28. The van der Waals surface area contributed by atoms with E-state index in [1.165, 1.54) is 6.08 Å². The van der Waals surface area contributed by atoms with Crippen LogP contribution in [0.2, 0.25) is 0 Å². The number of carbonyl (C=O) groups is 1. The van der Waals surface area contributed by atoms with E-state index in [2.05, 4.69) is 0 Å². The van der Waals surface area contributed by atoms with Crippen LogP contribution in [0.25, 0.3) is 5.57 Å². The lowest BCUT2D eigenvalue weighted by Gasteiger charge is -2.14. The molecule has 0 saturated heterocycles. The number of carboxylic acid groups (broad SMARTS) is 1. The van der Waals surface area contributed by atoms with Crippen molar-refractivity contribution in [1.29, 1.82) is 0 Å². The summed E-state index contributed by atoms with van der Waals surface area (Å²) in [4.78, 5) is 11.0. The SMILES string of the molecule is CCC/C(=C\C(=O)O)c1cc(OCC)ccc1OCC. The fraction of sp³-hybridized carbons (Fsp3) is 0.438. The number of carboxylic acids is 1. The first-order chi connectivity index (χ1) is 9.62. The zero-order valence-electron chi connectivity index (χ0n) is 12.3. The quantitative estimate of drug-likeness (QED) is 0.736. The second-order valence-electron chi connectivity index (χ2n) is 4.28. The molecule has 4 nitrogen and oxygen atoms in total. The fourth-order valence-electron chi connectivity index (χ4n) is 2.00. The third kappa shape index (κ3) is 4.61. The van der Waals surface area contributed by atoms with Crippen LogP contribution in [0.5, 0.6) is 11.5 Å². The Kier molecular flexibility index (Phi) is 6.64. The van der Waals surface area contributed by atoms with Crippen LogP contribution in [0.15, 0.2) is 24.3 Å². The van der Waals surface area contributed by atoms with Crippen molar-refractivity contribution in [2.24, 2.45) is 0 Å². The molecule has 0 fully saturated rings. The van der Waals surface area contributed by atoms with Gasteiger partial charge in [-0.25, -0.2) is 4.79 Å². The van der Waals surface area contributed by atoms with Crippen molar-refractivity contribution in [3.8, 4) is 11.5 Å². The van der Waals surface area contributed by atoms with E-state index < -0.39 is 5.97 Å². The first-order valence-corrected chi connectivity index (χ1v) is 6.95. The van der Waals surface area contributed by atoms with E-state index in [1.54, 1.807) is 0 Å². The van der Waals surface area contributed by atoms with E-state index in [-0.39, 0.29) is 0 Å². The van der Waals surface area contributed by atoms with Crippen molar-refractivity contribution in [2.45, 2.75) is 33.6 Å². The van der Waals surface area contributed by atoms with Crippen molar-refractivity contribution in [3.63, 3.8) is 0 Å². The maximum absolute atomic E-state index is 11.0. The molecule has 0 aliphatic heterocycles. The zero-order chi connectivity index (χ0) is 15.0. The molecule has 0 spiro atoms. The molecule has 0 aliphatic carbocycles. The standard InChI is InChI=1S/C16H22O4/c1-4-7-12(10-16(17)18)14-11-13(19-5-2)8-9-15(14)20-6-3/h8-11H,4-7H2,1-3H3,(H,17,18)/b12-10+. The Morgan fingerprint density at radius 1 is 1.20 bits per heavy atom. The van der Waals surface area contributed by atoms with Crippen LogP contribution < -0.4 is 9.47 Å². The van der Waals surface area contributed by atoms with Gasteiger partial charge in [0.1, 0.15) is 11.5 Å². The summed E-state index contributed by atoms with van der Waals surface area (Å²) in [6.07, 6.45) is 2.79. The fourth-order valence-corrected chi connectivity index (χ4v) is 2.00. The van der Waals surface area contributed by atoms with Crippen LogP contribution >= 0.6 is 0 Å². The molecule has 1 N–H and O–H groups in total. The third-order valence-corrected chi connectivity index (χ3v) is 2.72. The average molecular weight is 278 g/mol. The lowest BCUT2D eigenvalue weighted by molar-refractivity contribution is -0.131. The molecule has 0 heterocycles. The first-order valence-electron chi connectivity index (χ1n) is 6.95. The highest BCUT2D eigenvalue weighted by Crippen LogP contribution is 2.32. The molecule has 0 unspecified atom stereocenters. The van der Waals surface area contributed by atoms with Crippen LogP contribution in [-0.4, -0.2) is 24.3 Å². The summed E-state index contributed by atoms with van der Waals surface area (Å²) in [5.74, 6) is 0.466. The van der Waals surface area contributed by atoms with Crippen molar-refractivity contribution < 1.29 is 19.4 Å². The predicted octanol–water partition coefficient (Wildman–Crippen LogP) is 3.75. The summed E-state index contributed by atoms with van der Waals surface area (Å²) in [7, 11) is 0. The molecule has 0 amide bonds. The van der Waals surface area contributed by atoms with Crippen molar-refractivity contribution in [1.82, 2.24) is 0 Å². The molecule has 0 aliphatic rings. The number of hydrogen-bond acceptors (Lipinski definition) is 3. The third-order valence-electron chi connectivity index (χ3n) is 2.72. The van der Waals surface area contributed by atoms with Gasteiger partial charge < -0.3 is 14.6 Å². The van der Waals surface area contributed by atoms with Gasteiger partial charge in [0.05, 0.1) is 13.2 Å². The molecule has 0 bridgehead atoms. The molecule has 0 saturated carbocycles. The van der Waals surface area contributed by atoms with Gasteiger partial charge in [-0.2, -0.15) is 0 Å². The number of rotatable bonds is 8. The van der Waals surface area contributed by atoms with Gasteiger partial charge in [0, 0.05) is 11.6 Å². The minimum atomic E-state index is -0.947. The van der Waals surface area contributed by atoms with Crippen LogP contribution in [0.1, 0.15) is 39.2 Å². The Balaban J connectivity index is 3.26. The van der Waals surface area contributed by atoms with Gasteiger partial charge in [0.2, 0.25) is 0 Å². The molecule has 0 aromatic heterocycles. The van der Waals surface area contributed by atoms with Crippen molar-refractivity contribution in [3.05, 3.63) is 29.8 Å². The Morgan fingerprint density at radius 3 is 2.45 bits per heavy atom. The summed E-state index contributed by atoms with van der Waals surface area (Å²) >= 11 is 0. The van der Waals surface area contributed by atoms with Crippen LogP contribution in [0.4, 0.5) is 0 Å². The molecule has 1 rings (SSSR count). The van der Waals surface area contributed by atoms with E-state index in [0.717, 1.165) is 23.3 Å². The summed E-state index contributed by atoms with van der Waals surface area (Å²) in [5.41, 5.74) is 1.55. The smallest absolute Gasteiger partial charge is 0.328 e. The largest absolute Gasteiger partial charge is 0.494 e. The molecular weight excluding hydrogens is 256 g/mol. The van der Waals surface area contributed by atoms with Gasteiger partial charge in [0.15, 0.2) is 0 Å². The molecule has 1 aromatic carbocycles. The highest BCUT2D eigenvalue weighted by atomic mass is 16.5. The van der Waals surface area contributed by atoms with E-state index in [0.29, 0.717) is 25.4 Å². The number of ether oxygens (including phenoxy) is 2. The monoisotopic (exact) mass is 278 g/mol. The summed E-state index contributed by atoms with van der Waals surface area (Å²) in [6, 6.07) is 5.51. The van der Waals surface area contributed by atoms with Gasteiger partial charge in [-0.05, 0) is 44.0 Å². The normalized spacial score (nSPS) is 11.2. The Morgan fingerprint density at radius 2 is 1.90 bits per heavy atom. The highest BCUT2D eigenvalue weighted by molar-refractivity contribution is 5.91. The molecule has 0 radical (unpaired) electrons. The zero-order valence-corrected chi connectivity index (χ0v) is 12.3.